The van der Waals surface area contributed by atoms with Crippen LogP contribution in [0.4, 0.5) is 0 Å². The maximum Gasteiger partial charge on any atom is 0.472 e. The van der Waals surface area contributed by atoms with Gasteiger partial charge in [0.05, 0.1) is 26.4 Å². The Kier molecular flexibility index (Phi) is 70.8. The van der Waals surface area contributed by atoms with Crippen molar-refractivity contribution in [2.75, 3.05) is 39.6 Å². The van der Waals surface area contributed by atoms with E-state index in [-0.39, 0.29) is 25.7 Å². The molecule has 0 heterocycles. The number of phosphoric acid groups is 2. The summed E-state index contributed by atoms with van der Waals surface area (Å²) in [6.45, 7) is 4.65. The molecular weight excluding hydrogens is 1310 g/mol. The number of aliphatic hydroxyl groups excluding tert-OH is 1. The van der Waals surface area contributed by atoms with Crippen molar-refractivity contribution < 1.29 is 80.2 Å². The van der Waals surface area contributed by atoms with Crippen LogP contribution >= 0.6 is 15.6 Å². The van der Waals surface area contributed by atoms with Crippen LogP contribution in [-0.2, 0) is 65.4 Å². The minimum atomic E-state index is -4.98. The molecule has 0 amide bonds. The Hall–Kier alpha value is -3.76. The maximum absolute atomic E-state index is 13.1. The van der Waals surface area contributed by atoms with Gasteiger partial charge >= 0.3 is 39.5 Å². The second-order valence-electron chi connectivity index (χ2n) is 26.6. The molecule has 100 heavy (non-hydrogen) atoms. The van der Waals surface area contributed by atoms with Crippen LogP contribution < -0.4 is 0 Å². The Morgan fingerprint density at radius 1 is 0.290 bits per heavy atom. The molecule has 0 spiro atoms. The molecule has 5 unspecified atom stereocenters. The van der Waals surface area contributed by atoms with E-state index in [9.17, 15) is 43.2 Å². The molecule has 580 valence electrons. The Balaban J connectivity index is 5.34. The topological polar surface area (TPSA) is 237 Å². The van der Waals surface area contributed by atoms with E-state index in [0.717, 1.165) is 173 Å². The number of hydrogen-bond acceptors (Lipinski definition) is 15. The highest BCUT2D eigenvalue weighted by molar-refractivity contribution is 7.47. The minimum absolute atomic E-state index is 0.0741. The van der Waals surface area contributed by atoms with Crippen LogP contribution in [0, 0.1) is 0 Å². The van der Waals surface area contributed by atoms with E-state index in [0.29, 0.717) is 25.7 Å². The number of carbonyl (C=O) groups is 4. The molecule has 19 heteroatoms. The molecule has 0 aromatic carbocycles. The van der Waals surface area contributed by atoms with Crippen LogP contribution in [0.5, 0.6) is 0 Å². The summed E-state index contributed by atoms with van der Waals surface area (Å²) in [6.07, 6.45) is 75.6. The second-order valence-corrected chi connectivity index (χ2v) is 29.5. The Labute approximate surface area is 608 Å². The summed E-state index contributed by atoms with van der Waals surface area (Å²) in [4.78, 5) is 73.0. The third kappa shape index (κ3) is 72.6. The molecule has 0 rings (SSSR count). The predicted octanol–water partition coefficient (Wildman–Crippen LogP) is 23.0. The number of phosphoric ester groups is 2. The van der Waals surface area contributed by atoms with E-state index in [1.54, 1.807) is 0 Å². The van der Waals surface area contributed by atoms with Gasteiger partial charge in [0, 0.05) is 25.7 Å². The van der Waals surface area contributed by atoms with Crippen LogP contribution in [0.3, 0.4) is 0 Å². The molecule has 17 nitrogen and oxygen atoms in total. The Morgan fingerprint density at radius 3 is 0.820 bits per heavy atom. The summed E-state index contributed by atoms with van der Waals surface area (Å²) in [6, 6.07) is 0. The predicted molar refractivity (Wildman–Crippen MR) is 409 cm³/mol. The summed E-state index contributed by atoms with van der Waals surface area (Å²) in [7, 11) is -9.95. The zero-order valence-corrected chi connectivity index (χ0v) is 65.2. The number of rotatable bonds is 75. The van der Waals surface area contributed by atoms with Gasteiger partial charge in [0.25, 0.3) is 0 Å². The van der Waals surface area contributed by atoms with Crippen LogP contribution in [0.1, 0.15) is 349 Å². The van der Waals surface area contributed by atoms with Crippen LogP contribution in [-0.4, -0.2) is 96.7 Å². The summed E-state index contributed by atoms with van der Waals surface area (Å²) in [5, 5.41) is 10.6. The fraction of sp³-hybridized carbons (Fsp3) is 0.778. The third-order valence-electron chi connectivity index (χ3n) is 16.9. The highest BCUT2D eigenvalue weighted by Crippen LogP contribution is 2.45. The summed E-state index contributed by atoms with van der Waals surface area (Å²) >= 11 is 0. The quantitative estimate of drug-likeness (QED) is 0.0169. The fourth-order valence-corrected chi connectivity index (χ4v) is 12.4. The lowest BCUT2D eigenvalue weighted by molar-refractivity contribution is -0.161. The molecule has 0 aromatic rings. The lowest BCUT2D eigenvalue weighted by Gasteiger charge is -2.21. The van der Waals surface area contributed by atoms with Crippen molar-refractivity contribution in [3.8, 4) is 0 Å². The Morgan fingerprint density at radius 2 is 0.520 bits per heavy atom. The van der Waals surface area contributed by atoms with Crippen molar-refractivity contribution in [2.24, 2.45) is 0 Å². The summed E-state index contributed by atoms with van der Waals surface area (Å²) < 4.78 is 68.6. The van der Waals surface area contributed by atoms with E-state index in [1.807, 2.05) is 0 Å². The number of unbranched alkanes of at least 4 members (excludes halogenated alkanes) is 35. The highest BCUT2D eigenvalue weighted by atomic mass is 31.2. The molecule has 0 aliphatic rings. The highest BCUT2D eigenvalue weighted by Gasteiger charge is 2.30. The third-order valence-corrected chi connectivity index (χ3v) is 18.8. The summed E-state index contributed by atoms with van der Waals surface area (Å²) in [5.74, 6) is -2.19. The minimum Gasteiger partial charge on any atom is -0.462 e. The number of allylic oxidation sites excluding steroid dienone is 14. The Bertz CT molecular complexity index is 2230. The molecule has 0 radical (unpaired) electrons. The number of ether oxygens (including phenoxy) is 4. The monoisotopic (exact) mass is 1450 g/mol. The van der Waals surface area contributed by atoms with Crippen LogP contribution in [0.2, 0.25) is 0 Å². The second kappa shape index (κ2) is 73.5. The molecule has 0 saturated heterocycles. The van der Waals surface area contributed by atoms with E-state index < -0.39 is 97.5 Å². The molecule has 0 bridgehead atoms. The van der Waals surface area contributed by atoms with Gasteiger partial charge in [-0.25, -0.2) is 9.13 Å². The largest absolute Gasteiger partial charge is 0.472 e. The molecule has 3 N–H and O–H groups in total. The first-order valence-electron chi connectivity index (χ1n) is 39.8. The number of hydrogen-bond donors (Lipinski definition) is 3. The maximum atomic E-state index is 13.1. The first-order valence-corrected chi connectivity index (χ1v) is 42.8. The van der Waals surface area contributed by atoms with E-state index in [2.05, 4.69) is 113 Å². The zero-order chi connectivity index (χ0) is 73.2. The first-order chi connectivity index (χ1) is 48.7. The van der Waals surface area contributed by atoms with Crippen molar-refractivity contribution in [3.05, 3.63) is 85.1 Å². The molecular formula is C81H144O17P2. The van der Waals surface area contributed by atoms with Crippen LogP contribution in [0.15, 0.2) is 85.1 Å². The van der Waals surface area contributed by atoms with Gasteiger partial charge in [0.1, 0.15) is 19.3 Å². The van der Waals surface area contributed by atoms with E-state index in [1.165, 1.54) is 96.3 Å². The molecule has 0 saturated carbocycles. The van der Waals surface area contributed by atoms with E-state index in [4.69, 9.17) is 37.0 Å². The fourth-order valence-electron chi connectivity index (χ4n) is 10.8. The van der Waals surface area contributed by atoms with Crippen molar-refractivity contribution in [1.29, 1.82) is 0 Å². The van der Waals surface area contributed by atoms with Gasteiger partial charge in [-0.2, -0.15) is 0 Å². The van der Waals surface area contributed by atoms with Gasteiger partial charge in [-0.05, 0) is 116 Å². The van der Waals surface area contributed by atoms with Crippen molar-refractivity contribution in [1.82, 2.24) is 0 Å². The lowest BCUT2D eigenvalue weighted by atomic mass is 10.0. The van der Waals surface area contributed by atoms with Gasteiger partial charge in [-0.3, -0.25) is 37.3 Å². The molecule has 0 fully saturated rings. The average molecular weight is 1450 g/mol. The number of esters is 4. The standard InChI is InChI=1S/C81H144O17P2/c1-5-9-13-17-21-25-29-33-36-37-40-43-46-50-54-58-62-66-79(84)92-72-77(98-81(86)68-64-60-56-52-48-44-39-35-31-27-23-19-15-11-7-3)74-96-100(89,90)94-70-75(82)69-93-99(87,88)95-73-76(97-80(85)67-63-59-55-51-47-41-32-28-24-20-16-12-8-4)71-91-78(83)65-61-57-53-49-45-42-38-34-30-26-22-18-14-10-6-2/h9,11,13,15,21,23,25,27-28,32-33,35-36,39,75-77,82H,5-8,10,12,14,16-20,22,24,26,29-31,34,37-38,40-74H2,1-4H3,(H,87,88)(H,89,90)/b13-9-,15-11-,25-21-,27-23-,32-28-,36-33-,39-35-. The van der Waals surface area contributed by atoms with E-state index >= 15 is 0 Å². The normalized spacial score (nSPS) is 14.3. The molecule has 5 atom stereocenters. The number of carbonyl (C=O) groups excluding carboxylic acids is 4. The SMILES string of the molecule is CC/C=C\C/C=C\C/C=C\CCCCCCCCCC(=O)OCC(COP(=O)(O)OCC(O)COP(=O)(O)OCC(COC(=O)CCCCCCCCCCCCCCCCC)OC(=O)CCCCCCC/C=C\CCCCCC)OC(=O)CCCCCCC/C=C\C/C=C\C/C=C\CC. The van der Waals surface area contributed by atoms with Gasteiger partial charge in [0.2, 0.25) is 0 Å². The van der Waals surface area contributed by atoms with Crippen molar-refractivity contribution >= 4 is 39.5 Å². The van der Waals surface area contributed by atoms with Gasteiger partial charge in [-0.15, -0.1) is 0 Å². The first kappa shape index (κ1) is 96.2. The van der Waals surface area contributed by atoms with Crippen molar-refractivity contribution in [2.45, 2.75) is 367 Å². The number of aliphatic hydroxyl groups is 1. The molecule has 0 aromatic heterocycles. The molecule has 0 aliphatic carbocycles. The summed E-state index contributed by atoms with van der Waals surface area (Å²) in [5.41, 5.74) is 0. The van der Waals surface area contributed by atoms with Crippen LogP contribution in [0.25, 0.3) is 0 Å². The van der Waals surface area contributed by atoms with Gasteiger partial charge in [0.15, 0.2) is 12.2 Å². The van der Waals surface area contributed by atoms with Gasteiger partial charge in [-0.1, -0.05) is 293 Å². The average Bonchev–Trinajstić information content (AvgIpc) is 1.06. The zero-order valence-electron chi connectivity index (χ0n) is 63.4. The van der Waals surface area contributed by atoms with Crippen molar-refractivity contribution in [3.63, 3.8) is 0 Å². The smallest absolute Gasteiger partial charge is 0.462 e. The van der Waals surface area contributed by atoms with Gasteiger partial charge < -0.3 is 33.8 Å². The lowest BCUT2D eigenvalue weighted by Crippen LogP contribution is -2.30. The molecule has 0 aliphatic heterocycles.